The molecule has 3 heterocycles. The maximum Gasteiger partial charge on any atom is 0.289 e. The zero-order chi connectivity index (χ0) is 12.6. The SMILES string of the molecule is O=C(c1ccc(Br)o1)N1CCC2(CC1)OCCS2. The van der Waals surface area contributed by atoms with E-state index in [1.165, 1.54) is 0 Å². The van der Waals surface area contributed by atoms with Crippen LogP contribution >= 0.6 is 27.7 Å². The molecule has 3 rings (SSSR count). The number of nitrogens with zero attached hydrogens (tertiary/aromatic N) is 1. The van der Waals surface area contributed by atoms with Gasteiger partial charge >= 0.3 is 0 Å². The summed E-state index contributed by atoms with van der Waals surface area (Å²) in [4.78, 5) is 14.0. The first-order valence-electron chi connectivity index (χ1n) is 6.01. The standard InChI is InChI=1S/C12H14BrNO3S/c13-10-2-1-9(17-10)11(15)14-5-3-12(4-6-14)16-7-8-18-12/h1-2H,3-8H2. The van der Waals surface area contributed by atoms with Crippen LogP contribution in [-0.2, 0) is 4.74 Å². The molecular formula is C12H14BrNO3S. The van der Waals surface area contributed by atoms with Crippen LogP contribution in [0, 0.1) is 0 Å². The van der Waals surface area contributed by atoms with Crippen molar-refractivity contribution in [2.75, 3.05) is 25.4 Å². The second-order valence-corrected chi connectivity index (χ2v) is 6.73. The Kier molecular flexibility index (Phi) is 3.42. The van der Waals surface area contributed by atoms with E-state index < -0.39 is 0 Å². The normalized spacial score (nSPS) is 22.6. The Morgan fingerprint density at radius 3 is 2.72 bits per heavy atom. The minimum atomic E-state index is -0.0291. The topological polar surface area (TPSA) is 42.7 Å². The zero-order valence-corrected chi connectivity index (χ0v) is 12.3. The summed E-state index contributed by atoms with van der Waals surface area (Å²) in [6, 6.07) is 3.45. The molecule has 2 aliphatic rings. The highest BCUT2D eigenvalue weighted by molar-refractivity contribution is 9.10. The van der Waals surface area contributed by atoms with Crippen molar-refractivity contribution in [2.24, 2.45) is 0 Å². The van der Waals surface area contributed by atoms with E-state index in [0.29, 0.717) is 10.4 Å². The average molecular weight is 332 g/mol. The highest BCUT2D eigenvalue weighted by Gasteiger charge is 2.40. The molecule has 2 saturated heterocycles. The third-order valence-electron chi connectivity index (χ3n) is 3.41. The van der Waals surface area contributed by atoms with Gasteiger partial charge in [0.1, 0.15) is 4.93 Å². The molecular weight excluding hydrogens is 318 g/mol. The summed E-state index contributed by atoms with van der Waals surface area (Å²) in [5, 5.41) is 0. The van der Waals surface area contributed by atoms with Crippen LogP contribution in [0.2, 0.25) is 0 Å². The first-order chi connectivity index (χ1) is 8.69. The zero-order valence-electron chi connectivity index (χ0n) is 9.86. The van der Waals surface area contributed by atoms with Crippen LogP contribution in [-0.4, -0.2) is 41.2 Å². The van der Waals surface area contributed by atoms with E-state index >= 15 is 0 Å². The summed E-state index contributed by atoms with van der Waals surface area (Å²) in [5.74, 6) is 1.44. The predicted octanol–water partition coefficient (Wildman–Crippen LogP) is 2.74. The molecule has 18 heavy (non-hydrogen) atoms. The summed E-state index contributed by atoms with van der Waals surface area (Å²) in [5.41, 5.74) is 0. The summed E-state index contributed by atoms with van der Waals surface area (Å²) in [6.07, 6.45) is 1.82. The highest BCUT2D eigenvalue weighted by atomic mass is 79.9. The summed E-state index contributed by atoms with van der Waals surface area (Å²) < 4.78 is 11.7. The van der Waals surface area contributed by atoms with Gasteiger partial charge in [-0.15, -0.1) is 11.8 Å². The monoisotopic (exact) mass is 331 g/mol. The molecule has 2 fully saturated rings. The van der Waals surface area contributed by atoms with Crippen molar-refractivity contribution < 1.29 is 13.9 Å². The quantitative estimate of drug-likeness (QED) is 0.793. The van der Waals surface area contributed by atoms with Crippen molar-refractivity contribution >= 4 is 33.6 Å². The Balaban J connectivity index is 1.64. The molecule has 4 nitrogen and oxygen atoms in total. The number of amides is 1. The third kappa shape index (κ3) is 2.33. The van der Waals surface area contributed by atoms with Gasteiger partial charge in [-0.25, -0.2) is 0 Å². The van der Waals surface area contributed by atoms with E-state index in [4.69, 9.17) is 9.15 Å². The minimum absolute atomic E-state index is 0.0273. The van der Waals surface area contributed by atoms with Gasteiger partial charge in [-0.05, 0) is 28.1 Å². The number of hydrogen-bond acceptors (Lipinski definition) is 4. The van der Waals surface area contributed by atoms with Gasteiger partial charge in [0.15, 0.2) is 10.4 Å². The Labute approximate surface area is 118 Å². The molecule has 98 valence electrons. The second kappa shape index (κ2) is 4.90. The van der Waals surface area contributed by atoms with E-state index in [2.05, 4.69) is 15.9 Å². The third-order valence-corrected chi connectivity index (χ3v) is 5.26. The molecule has 0 radical (unpaired) electrons. The van der Waals surface area contributed by atoms with Crippen LogP contribution < -0.4 is 0 Å². The van der Waals surface area contributed by atoms with Gasteiger partial charge in [-0.2, -0.15) is 0 Å². The van der Waals surface area contributed by atoms with Gasteiger partial charge in [0, 0.05) is 31.7 Å². The van der Waals surface area contributed by atoms with E-state index in [9.17, 15) is 4.79 Å². The number of thioether (sulfide) groups is 1. The lowest BCUT2D eigenvalue weighted by Crippen LogP contribution is -2.45. The Bertz CT molecular complexity index is 446. The Hall–Kier alpha value is -0.460. The smallest absolute Gasteiger partial charge is 0.289 e. The number of carbonyl (C=O) groups is 1. The lowest BCUT2D eigenvalue weighted by Gasteiger charge is -2.37. The molecule has 2 aliphatic heterocycles. The van der Waals surface area contributed by atoms with Crippen molar-refractivity contribution in [3.05, 3.63) is 22.6 Å². The number of likely N-dealkylation sites (tertiary alicyclic amines) is 1. The molecule has 6 heteroatoms. The van der Waals surface area contributed by atoms with Crippen molar-refractivity contribution in [1.29, 1.82) is 0 Å². The van der Waals surface area contributed by atoms with Crippen LogP contribution in [0.15, 0.2) is 21.2 Å². The summed E-state index contributed by atoms with van der Waals surface area (Å²) in [7, 11) is 0. The van der Waals surface area contributed by atoms with Crippen LogP contribution in [0.1, 0.15) is 23.4 Å². The number of ether oxygens (including phenoxy) is 1. The van der Waals surface area contributed by atoms with Crippen molar-refractivity contribution in [2.45, 2.75) is 17.8 Å². The average Bonchev–Trinajstić information content (AvgIpc) is 3.00. The van der Waals surface area contributed by atoms with Gasteiger partial charge in [0.05, 0.1) is 6.61 Å². The number of carbonyl (C=O) groups excluding carboxylic acids is 1. The molecule has 0 aliphatic carbocycles. The minimum Gasteiger partial charge on any atom is -0.444 e. The second-order valence-electron chi connectivity index (χ2n) is 4.50. The fraction of sp³-hybridized carbons (Fsp3) is 0.583. The van der Waals surface area contributed by atoms with Gasteiger partial charge in [-0.1, -0.05) is 0 Å². The van der Waals surface area contributed by atoms with E-state index in [1.807, 2.05) is 16.7 Å². The van der Waals surface area contributed by atoms with Crippen molar-refractivity contribution in [3.8, 4) is 0 Å². The fourth-order valence-electron chi connectivity index (χ4n) is 2.42. The van der Waals surface area contributed by atoms with Crippen LogP contribution in [0.5, 0.6) is 0 Å². The highest BCUT2D eigenvalue weighted by Crippen LogP contribution is 2.41. The van der Waals surface area contributed by atoms with E-state index in [1.54, 1.807) is 12.1 Å². The van der Waals surface area contributed by atoms with Gasteiger partial charge < -0.3 is 14.1 Å². The van der Waals surface area contributed by atoms with Crippen molar-refractivity contribution in [1.82, 2.24) is 4.90 Å². The largest absolute Gasteiger partial charge is 0.444 e. The van der Waals surface area contributed by atoms with Crippen LogP contribution in [0.25, 0.3) is 0 Å². The van der Waals surface area contributed by atoms with Gasteiger partial charge in [-0.3, -0.25) is 4.79 Å². The molecule has 0 bridgehead atoms. The Morgan fingerprint density at radius 2 is 2.17 bits per heavy atom. The summed E-state index contributed by atoms with van der Waals surface area (Å²) >= 11 is 5.10. The molecule has 0 saturated carbocycles. The maximum absolute atomic E-state index is 12.2. The molecule has 1 aromatic rings. The number of furan rings is 1. The molecule has 0 aromatic carbocycles. The molecule has 0 atom stereocenters. The number of piperidine rings is 1. The maximum atomic E-state index is 12.2. The molecule has 0 unspecified atom stereocenters. The lowest BCUT2D eigenvalue weighted by molar-refractivity contribution is 0.00271. The molecule has 1 aromatic heterocycles. The first-order valence-corrected chi connectivity index (χ1v) is 7.79. The number of halogens is 1. The fourth-order valence-corrected chi connectivity index (χ4v) is 3.90. The number of hydrogen-bond donors (Lipinski definition) is 0. The van der Waals surface area contributed by atoms with Gasteiger partial charge in [0.25, 0.3) is 5.91 Å². The van der Waals surface area contributed by atoms with Crippen molar-refractivity contribution in [3.63, 3.8) is 0 Å². The molecule has 0 N–H and O–H groups in total. The lowest BCUT2D eigenvalue weighted by atomic mass is 10.1. The first kappa shape index (κ1) is 12.6. The van der Waals surface area contributed by atoms with Gasteiger partial charge in [0.2, 0.25) is 0 Å². The molecule has 1 spiro atoms. The summed E-state index contributed by atoms with van der Waals surface area (Å²) in [6.45, 7) is 2.32. The Morgan fingerprint density at radius 1 is 1.39 bits per heavy atom. The molecule has 1 amide bonds. The van der Waals surface area contributed by atoms with E-state index in [-0.39, 0.29) is 10.8 Å². The van der Waals surface area contributed by atoms with Crippen LogP contribution in [0.3, 0.4) is 0 Å². The predicted molar refractivity (Wildman–Crippen MR) is 72.7 cm³/mol. The van der Waals surface area contributed by atoms with Crippen LogP contribution in [0.4, 0.5) is 0 Å². The van der Waals surface area contributed by atoms with E-state index in [0.717, 1.165) is 38.3 Å². The number of rotatable bonds is 1.